The van der Waals surface area contributed by atoms with E-state index < -0.39 is 10.0 Å². The number of hydrogen-bond acceptors (Lipinski definition) is 8. The molecule has 0 spiro atoms. The summed E-state index contributed by atoms with van der Waals surface area (Å²) in [5.41, 5.74) is 1.40. The Labute approximate surface area is 173 Å². The van der Waals surface area contributed by atoms with Crippen LogP contribution in [0.15, 0.2) is 47.6 Å². The fraction of sp³-hybridized carbons (Fsp3) is 0.222. The summed E-state index contributed by atoms with van der Waals surface area (Å²) in [4.78, 5) is 19.9. The molecule has 0 aliphatic rings. The average Bonchev–Trinajstić information content (AvgIpc) is 3.12. The van der Waals surface area contributed by atoms with Gasteiger partial charge in [-0.2, -0.15) is 15.1 Å². The monoisotopic (exact) mass is 432 g/mol. The van der Waals surface area contributed by atoms with Crippen molar-refractivity contribution in [3.05, 3.63) is 48.3 Å². The molecule has 3 aromatic rings. The average molecular weight is 432 g/mol. The van der Waals surface area contributed by atoms with Crippen LogP contribution in [-0.2, 0) is 21.4 Å². The van der Waals surface area contributed by atoms with E-state index in [-0.39, 0.29) is 35.1 Å². The van der Waals surface area contributed by atoms with Gasteiger partial charge in [-0.3, -0.25) is 14.2 Å². The van der Waals surface area contributed by atoms with Gasteiger partial charge in [0.25, 0.3) is 10.0 Å². The predicted molar refractivity (Wildman–Crippen MR) is 108 cm³/mol. The molecule has 0 aliphatic carbocycles. The number of rotatable bonds is 8. The third-order valence-corrected chi connectivity index (χ3v) is 5.20. The number of anilines is 2. The van der Waals surface area contributed by atoms with Gasteiger partial charge in [0.05, 0.1) is 25.3 Å². The summed E-state index contributed by atoms with van der Waals surface area (Å²) in [5.74, 6) is -0.150. The van der Waals surface area contributed by atoms with Gasteiger partial charge < -0.3 is 14.8 Å². The fourth-order valence-corrected chi connectivity index (χ4v) is 3.46. The Morgan fingerprint density at radius 1 is 1.13 bits per heavy atom. The summed E-state index contributed by atoms with van der Waals surface area (Å²) < 4.78 is 39.0. The number of carbonyl (C=O) groups excluding carboxylic acids is 1. The highest BCUT2D eigenvalue weighted by Crippen LogP contribution is 2.21. The van der Waals surface area contributed by atoms with Crippen LogP contribution in [0.25, 0.3) is 0 Å². The van der Waals surface area contributed by atoms with Gasteiger partial charge in [0.15, 0.2) is 5.82 Å². The molecule has 2 heterocycles. The van der Waals surface area contributed by atoms with E-state index in [9.17, 15) is 13.2 Å². The van der Waals surface area contributed by atoms with Gasteiger partial charge in [-0.15, -0.1) is 0 Å². The van der Waals surface area contributed by atoms with E-state index in [1.54, 1.807) is 12.4 Å². The first-order valence-electron chi connectivity index (χ1n) is 8.68. The zero-order chi connectivity index (χ0) is 21.7. The number of aryl methyl sites for hydroxylation is 1. The highest BCUT2D eigenvalue weighted by Gasteiger charge is 2.17. The Hall–Kier alpha value is -3.67. The van der Waals surface area contributed by atoms with Crippen LogP contribution in [0.4, 0.5) is 11.5 Å². The van der Waals surface area contributed by atoms with Crippen LogP contribution in [0, 0.1) is 6.92 Å². The van der Waals surface area contributed by atoms with E-state index in [1.165, 1.54) is 49.2 Å². The molecule has 2 N–H and O–H groups in total. The van der Waals surface area contributed by atoms with Gasteiger partial charge in [-0.1, -0.05) is 0 Å². The maximum atomic E-state index is 12.6. The molecule has 0 fully saturated rings. The molecule has 3 rings (SSSR count). The molecule has 1 amide bonds. The molecule has 0 saturated heterocycles. The van der Waals surface area contributed by atoms with Crippen molar-refractivity contribution in [3.8, 4) is 11.9 Å². The van der Waals surface area contributed by atoms with Crippen LogP contribution >= 0.6 is 0 Å². The summed E-state index contributed by atoms with van der Waals surface area (Å²) in [6.07, 6.45) is 3.40. The lowest BCUT2D eigenvalue weighted by Gasteiger charge is -2.10. The number of carbonyl (C=O) groups is 1. The molecular weight excluding hydrogens is 412 g/mol. The second-order valence-corrected chi connectivity index (χ2v) is 7.86. The first kappa shape index (κ1) is 21.0. The molecule has 30 heavy (non-hydrogen) atoms. The van der Waals surface area contributed by atoms with Crippen molar-refractivity contribution >= 4 is 27.4 Å². The zero-order valence-electron chi connectivity index (χ0n) is 16.5. The Morgan fingerprint density at radius 2 is 1.87 bits per heavy atom. The maximum absolute atomic E-state index is 12.6. The van der Waals surface area contributed by atoms with Gasteiger partial charge in [-0.05, 0) is 36.8 Å². The van der Waals surface area contributed by atoms with Gasteiger partial charge in [-0.25, -0.2) is 8.42 Å². The summed E-state index contributed by atoms with van der Waals surface area (Å²) in [7, 11) is -1.19. The lowest BCUT2D eigenvalue weighted by atomic mass is 10.3. The number of methoxy groups -OCH3 is 2. The molecule has 0 radical (unpaired) electrons. The van der Waals surface area contributed by atoms with Crippen LogP contribution in [0.3, 0.4) is 0 Å². The molecular formula is C18H20N6O5S. The Bertz CT molecular complexity index is 1120. The van der Waals surface area contributed by atoms with Crippen LogP contribution < -0.4 is 19.5 Å². The number of hydrogen-bond donors (Lipinski definition) is 2. The quantitative estimate of drug-likeness (QED) is 0.545. The van der Waals surface area contributed by atoms with Gasteiger partial charge >= 0.3 is 6.01 Å². The van der Waals surface area contributed by atoms with Gasteiger partial charge in [0, 0.05) is 18.0 Å². The Morgan fingerprint density at radius 3 is 2.47 bits per heavy atom. The van der Waals surface area contributed by atoms with Crippen molar-refractivity contribution in [2.75, 3.05) is 24.3 Å². The first-order chi connectivity index (χ1) is 14.3. The standard InChI is InChI=1S/C18H20N6O5S/c1-12-9-19-24(10-12)11-16(25)20-13-4-6-14(7-5-13)30(26,27)23-15-8-17(28-2)22-18(21-15)29-3/h4-10H,11H2,1-3H3,(H,20,25)(H,21,22,23). The van der Waals surface area contributed by atoms with Gasteiger partial charge in [0.1, 0.15) is 6.54 Å². The van der Waals surface area contributed by atoms with E-state index in [4.69, 9.17) is 9.47 Å². The smallest absolute Gasteiger partial charge is 0.321 e. The van der Waals surface area contributed by atoms with Crippen molar-refractivity contribution in [1.82, 2.24) is 19.7 Å². The molecule has 0 atom stereocenters. The number of aromatic nitrogens is 4. The SMILES string of the molecule is COc1cc(NS(=O)(=O)c2ccc(NC(=O)Cn3cc(C)cn3)cc2)nc(OC)n1. The van der Waals surface area contributed by atoms with Gasteiger partial charge in [0.2, 0.25) is 11.8 Å². The van der Waals surface area contributed by atoms with E-state index in [0.29, 0.717) is 5.69 Å². The van der Waals surface area contributed by atoms with Crippen LogP contribution in [0.5, 0.6) is 11.9 Å². The Balaban J connectivity index is 1.69. The van der Waals surface area contributed by atoms with Crippen LogP contribution in [-0.4, -0.2) is 48.3 Å². The highest BCUT2D eigenvalue weighted by atomic mass is 32.2. The number of ether oxygens (including phenoxy) is 2. The van der Waals surface area contributed by atoms with Crippen molar-refractivity contribution in [3.63, 3.8) is 0 Å². The van der Waals surface area contributed by atoms with Crippen molar-refractivity contribution in [2.24, 2.45) is 0 Å². The molecule has 0 bridgehead atoms. The highest BCUT2D eigenvalue weighted by molar-refractivity contribution is 7.92. The third kappa shape index (κ3) is 5.23. The maximum Gasteiger partial charge on any atom is 0.321 e. The normalized spacial score (nSPS) is 11.0. The summed E-state index contributed by atoms with van der Waals surface area (Å²) >= 11 is 0. The number of nitrogens with one attached hydrogen (secondary N) is 2. The number of sulfonamides is 1. The lowest BCUT2D eigenvalue weighted by Crippen LogP contribution is -2.19. The molecule has 0 saturated carbocycles. The molecule has 11 nitrogen and oxygen atoms in total. The van der Waals surface area contributed by atoms with Crippen LogP contribution in [0.2, 0.25) is 0 Å². The van der Waals surface area contributed by atoms with E-state index in [1.807, 2.05) is 6.92 Å². The second-order valence-electron chi connectivity index (χ2n) is 6.18. The van der Waals surface area contributed by atoms with Crippen LogP contribution in [0.1, 0.15) is 5.56 Å². The minimum absolute atomic E-state index is 0.00871. The summed E-state index contributed by atoms with van der Waals surface area (Å²) in [5, 5.41) is 6.74. The molecule has 12 heteroatoms. The number of benzene rings is 1. The third-order valence-electron chi connectivity index (χ3n) is 3.83. The lowest BCUT2D eigenvalue weighted by molar-refractivity contribution is -0.116. The second kappa shape index (κ2) is 8.78. The largest absolute Gasteiger partial charge is 0.481 e. The molecule has 158 valence electrons. The number of nitrogens with zero attached hydrogens (tertiary/aromatic N) is 4. The summed E-state index contributed by atoms with van der Waals surface area (Å²) in [6, 6.07) is 6.99. The molecule has 1 aromatic carbocycles. The topological polar surface area (TPSA) is 137 Å². The van der Waals surface area contributed by atoms with Crippen molar-refractivity contribution < 1.29 is 22.7 Å². The number of amides is 1. The van der Waals surface area contributed by atoms with E-state index >= 15 is 0 Å². The van der Waals surface area contributed by atoms with E-state index in [0.717, 1.165) is 5.56 Å². The molecule has 0 aliphatic heterocycles. The first-order valence-corrected chi connectivity index (χ1v) is 10.2. The molecule has 2 aromatic heterocycles. The van der Waals surface area contributed by atoms with Crippen molar-refractivity contribution in [2.45, 2.75) is 18.4 Å². The fourth-order valence-electron chi connectivity index (χ4n) is 2.47. The zero-order valence-corrected chi connectivity index (χ0v) is 17.3. The minimum atomic E-state index is -3.93. The Kier molecular flexibility index (Phi) is 6.16. The summed E-state index contributed by atoms with van der Waals surface area (Å²) in [6.45, 7) is 1.93. The minimum Gasteiger partial charge on any atom is -0.481 e. The van der Waals surface area contributed by atoms with E-state index in [2.05, 4.69) is 25.1 Å². The molecule has 0 unspecified atom stereocenters. The predicted octanol–water partition coefficient (Wildman–Crippen LogP) is 1.44. The van der Waals surface area contributed by atoms with Crippen molar-refractivity contribution in [1.29, 1.82) is 0 Å².